The van der Waals surface area contributed by atoms with Gasteiger partial charge >= 0.3 is 5.97 Å². The molecule has 2 rings (SSSR count). The van der Waals surface area contributed by atoms with Crippen LogP contribution < -0.4 is 0 Å². The number of carbonyl (C=O) groups is 1. The highest BCUT2D eigenvalue weighted by molar-refractivity contribution is 5.74. The third kappa shape index (κ3) is 3.37. The molecule has 0 saturated carbocycles. The summed E-state index contributed by atoms with van der Waals surface area (Å²) in [5.41, 5.74) is 1.58. The quantitative estimate of drug-likeness (QED) is 0.918. The van der Waals surface area contributed by atoms with Gasteiger partial charge in [-0.25, -0.2) is 0 Å². The van der Waals surface area contributed by atoms with E-state index in [1.165, 1.54) is 5.56 Å². The highest BCUT2D eigenvalue weighted by atomic mass is 16.4. The number of nitrogens with zero attached hydrogens (tertiary/aromatic N) is 2. The predicted molar refractivity (Wildman–Crippen MR) is 78.4 cm³/mol. The van der Waals surface area contributed by atoms with Crippen LogP contribution in [0.2, 0.25) is 0 Å². The lowest BCUT2D eigenvalue weighted by atomic mass is 9.74. The van der Waals surface area contributed by atoms with E-state index in [0.29, 0.717) is 0 Å². The van der Waals surface area contributed by atoms with Crippen molar-refractivity contribution in [1.82, 2.24) is 9.88 Å². The zero-order valence-electron chi connectivity index (χ0n) is 12.6. The standard InChI is InChI=1S/C16H24N2O2/c1-12-6-7-13(9-17-12)10-18-8-4-5-14(11-18)16(2,3)15(19)20/h6-7,9,14H,4-5,8,10-11H2,1-3H3,(H,19,20). The molecule has 110 valence electrons. The Bertz CT molecular complexity index is 468. The van der Waals surface area contributed by atoms with Gasteiger partial charge in [-0.05, 0) is 57.7 Å². The fourth-order valence-corrected chi connectivity index (χ4v) is 2.81. The molecule has 1 N–H and O–H groups in total. The molecule has 4 nitrogen and oxygen atoms in total. The van der Waals surface area contributed by atoms with Crippen molar-refractivity contribution in [2.75, 3.05) is 13.1 Å². The number of aromatic nitrogens is 1. The lowest BCUT2D eigenvalue weighted by molar-refractivity contribution is -0.151. The van der Waals surface area contributed by atoms with E-state index < -0.39 is 11.4 Å². The van der Waals surface area contributed by atoms with Crippen LogP contribution in [0.5, 0.6) is 0 Å². The number of aliphatic carboxylic acids is 1. The number of rotatable bonds is 4. The number of likely N-dealkylation sites (tertiary alicyclic amines) is 1. The molecule has 0 spiro atoms. The fourth-order valence-electron chi connectivity index (χ4n) is 2.81. The molecule has 2 heterocycles. The Labute approximate surface area is 120 Å². The summed E-state index contributed by atoms with van der Waals surface area (Å²) in [4.78, 5) is 18.1. The van der Waals surface area contributed by atoms with Gasteiger partial charge in [0, 0.05) is 25.0 Å². The predicted octanol–water partition coefficient (Wildman–Crippen LogP) is 2.71. The van der Waals surface area contributed by atoms with E-state index in [0.717, 1.165) is 38.2 Å². The molecule has 1 aromatic heterocycles. The van der Waals surface area contributed by atoms with E-state index in [2.05, 4.69) is 16.0 Å². The van der Waals surface area contributed by atoms with E-state index in [1.54, 1.807) is 0 Å². The number of hydrogen-bond acceptors (Lipinski definition) is 3. The minimum absolute atomic E-state index is 0.215. The summed E-state index contributed by atoms with van der Waals surface area (Å²) in [7, 11) is 0. The van der Waals surface area contributed by atoms with Crippen LogP contribution in [0.3, 0.4) is 0 Å². The van der Waals surface area contributed by atoms with E-state index in [1.807, 2.05) is 33.0 Å². The van der Waals surface area contributed by atoms with Crippen molar-refractivity contribution < 1.29 is 9.90 Å². The van der Waals surface area contributed by atoms with Crippen molar-refractivity contribution in [3.8, 4) is 0 Å². The monoisotopic (exact) mass is 276 g/mol. The first-order chi connectivity index (χ1) is 9.39. The van der Waals surface area contributed by atoms with Gasteiger partial charge in [-0.15, -0.1) is 0 Å². The average Bonchev–Trinajstić information content (AvgIpc) is 2.41. The van der Waals surface area contributed by atoms with Crippen molar-refractivity contribution in [1.29, 1.82) is 0 Å². The van der Waals surface area contributed by atoms with Crippen LogP contribution in [0, 0.1) is 18.3 Å². The first-order valence-electron chi connectivity index (χ1n) is 7.27. The van der Waals surface area contributed by atoms with E-state index >= 15 is 0 Å². The number of hydrogen-bond donors (Lipinski definition) is 1. The van der Waals surface area contributed by atoms with E-state index in [4.69, 9.17) is 0 Å². The molecule has 0 amide bonds. The summed E-state index contributed by atoms with van der Waals surface area (Å²) >= 11 is 0. The van der Waals surface area contributed by atoms with Gasteiger partial charge in [0.25, 0.3) is 0 Å². The summed E-state index contributed by atoms with van der Waals surface area (Å²) in [5.74, 6) is -0.478. The Morgan fingerprint density at radius 3 is 2.85 bits per heavy atom. The SMILES string of the molecule is Cc1ccc(CN2CCCC(C(C)(C)C(=O)O)C2)cn1. The first-order valence-corrected chi connectivity index (χ1v) is 7.27. The molecule has 0 aromatic carbocycles. The van der Waals surface area contributed by atoms with Crippen LogP contribution in [-0.2, 0) is 11.3 Å². The average molecular weight is 276 g/mol. The molecule has 0 aliphatic carbocycles. The van der Waals surface area contributed by atoms with Crippen LogP contribution in [0.4, 0.5) is 0 Å². The summed E-state index contributed by atoms with van der Waals surface area (Å²) in [6, 6.07) is 4.13. The third-order valence-electron chi connectivity index (χ3n) is 4.46. The third-order valence-corrected chi connectivity index (χ3v) is 4.46. The molecule has 0 radical (unpaired) electrons. The molecule has 1 unspecified atom stereocenters. The van der Waals surface area contributed by atoms with Gasteiger partial charge < -0.3 is 5.11 Å². The summed E-state index contributed by atoms with van der Waals surface area (Å²) in [5, 5.41) is 9.37. The molecular formula is C16H24N2O2. The zero-order valence-corrected chi connectivity index (χ0v) is 12.6. The number of piperidine rings is 1. The molecule has 20 heavy (non-hydrogen) atoms. The lowest BCUT2D eigenvalue weighted by Gasteiger charge is -2.39. The lowest BCUT2D eigenvalue weighted by Crippen LogP contribution is -2.44. The normalized spacial score (nSPS) is 20.9. The second kappa shape index (κ2) is 5.92. The van der Waals surface area contributed by atoms with Gasteiger partial charge in [0.2, 0.25) is 0 Å². The van der Waals surface area contributed by atoms with Crippen molar-refractivity contribution in [3.63, 3.8) is 0 Å². The summed E-state index contributed by atoms with van der Waals surface area (Å²) < 4.78 is 0. The summed E-state index contributed by atoms with van der Waals surface area (Å²) in [6.07, 6.45) is 3.99. The van der Waals surface area contributed by atoms with E-state index in [9.17, 15) is 9.90 Å². The Hall–Kier alpha value is -1.42. The van der Waals surface area contributed by atoms with Crippen LogP contribution in [0.15, 0.2) is 18.3 Å². The molecule has 1 aliphatic rings. The van der Waals surface area contributed by atoms with Crippen LogP contribution >= 0.6 is 0 Å². The fraction of sp³-hybridized carbons (Fsp3) is 0.625. The Morgan fingerprint density at radius 2 is 2.25 bits per heavy atom. The Balaban J connectivity index is 2.00. The van der Waals surface area contributed by atoms with Crippen LogP contribution in [0.1, 0.15) is 37.9 Å². The second-order valence-electron chi connectivity index (χ2n) is 6.41. The molecule has 0 bridgehead atoms. The molecule has 1 fully saturated rings. The second-order valence-corrected chi connectivity index (χ2v) is 6.41. The minimum atomic E-state index is -0.693. The van der Waals surface area contributed by atoms with Gasteiger partial charge in [-0.1, -0.05) is 6.07 Å². The van der Waals surface area contributed by atoms with Crippen molar-refractivity contribution in [2.24, 2.45) is 11.3 Å². The Kier molecular flexibility index (Phi) is 4.43. The zero-order chi connectivity index (χ0) is 14.8. The Morgan fingerprint density at radius 1 is 1.50 bits per heavy atom. The summed E-state index contributed by atoms with van der Waals surface area (Å²) in [6.45, 7) is 8.43. The van der Waals surface area contributed by atoms with Gasteiger partial charge in [0.15, 0.2) is 0 Å². The number of carboxylic acids is 1. The van der Waals surface area contributed by atoms with Gasteiger partial charge in [-0.2, -0.15) is 0 Å². The molecular weight excluding hydrogens is 252 g/mol. The number of aryl methyl sites for hydroxylation is 1. The largest absolute Gasteiger partial charge is 0.481 e. The van der Waals surface area contributed by atoms with Gasteiger partial charge in [-0.3, -0.25) is 14.7 Å². The maximum atomic E-state index is 11.4. The van der Waals surface area contributed by atoms with Crippen molar-refractivity contribution in [3.05, 3.63) is 29.6 Å². The van der Waals surface area contributed by atoms with E-state index in [-0.39, 0.29) is 5.92 Å². The topological polar surface area (TPSA) is 53.4 Å². The first kappa shape index (κ1) is 15.0. The highest BCUT2D eigenvalue weighted by Gasteiger charge is 2.38. The van der Waals surface area contributed by atoms with Crippen LogP contribution in [-0.4, -0.2) is 34.0 Å². The molecule has 4 heteroatoms. The maximum absolute atomic E-state index is 11.4. The smallest absolute Gasteiger partial charge is 0.309 e. The maximum Gasteiger partial charge on any atom is 0.309 e. The number of carboxylic acid groups (broad SMARTS) is 1. The minimum Gasteiger partial charge on any atom is -0.481 e. The molecule has 1 atom stereocenters. The molecule has 1 aromatic rings. The van der Waals surface area contributed by atoms with Gasteiger partial charge in [0.05, 0.1) is 5.41 Å². The van der Waals surface area contributed by atoms with Gasteiger partial charge in [0.1, 0.15) is 0 Å². The van der Waals surface area contributed by atoms with Crippen molar-refractivity contribution in [2.45, 2.75) is 40.2 Å². The van der Waals surface area contributed by atoms with Crippen molar-refractivity contribution >= 4 is 5.97 Å². The highest BCUT2D eigenvalue weighted by Crippen LogP contribution is 2.34. The van der Waals surface area contributed by atoms with Crippen LogP contribution in [0.25, 0.3) is 0 Å². The molecule has 1 saturated heterocycles. The molecule has 1 aliphatic heterocycles. The number of pyridine rings is 1.